The molecule has 1 saturated carbocycles. The zero-order chi connectivity index (χ0) is 12.0. The van der Waals surface area contributed by atoms with Gasteiger partial charge in [-0.1, -0.05) is 31.6 Å². The minimum atomic E-state index is -1.58. The van der Waals surface area contributed by atoms with Crippen molar-refractivity contribution in [2.45, 2.75) is 51.6 Å². The van der Waals surface area contributed by atoms with Gasteiger partial charge < -0.3 is 9.84 Å². The third kappa shape index (κ3) is 2.76. The molecule has 0 aromatic carbocycles. The first-order valence-electron chi connectivity index (χ1n) is 6.04. The van der Waals surface area contributed by atoms with Crippen LogP contribution in [-0.2, 0) is 9.53 Å². The fourth-order valence-electron chi connectivity index (χ4n) is 2.13. The Bertz CT molecular complexity index is 294. The zero-order valence-corrected chi connectivity index (χ0v) is 10.1. The van der Waals surface area contributed by atoms with Crippen molar-refractivity contribution < 1.29 is 14.6 Å². The van der Waals surface area contributed by atoms with Gasteiger partial charge in [0.15, 0.2) is 0 Å². The van der Waals surface area contributed by atoms with E-state index in [0.717, 1.165) is 25.7 Å². The minimum absolute atomic E-state index is 0.0643. The van der Waals surface area contributed by atoms with Gasteiger partial charge in [0, 0.05) is 12.3 Å². The molecule has 0 radical (unpaired) electrons. The third-order valence-corrected chi connectivity index (χ3v) is 2.99. The molecular weight excluding hydrogens is 204 g/mol. The Hall–Kier alpha value is -1.01. The molecule has 1 aliphatic carbocycles. The lowest BCUT2D eigenvalue weighted by Crippen LogP contribution is -2.45. The Balaban J connectivity index is 2.86. The van der Waals surface area contributed by atoms with Crippen molar-refractivity contribution in [2.75, 3.05) is 6.61 Å². The molecule has 0 aromatic heterocycles. The largest absolute Gasteiger partial charge is 0.463 e. The van der Waals surface area contributed by atoms with Crippen molar-refractivity contribution in [3.63, 3.8) is 0 Å². The van der Waals surface area contributed by atoms with Crippen LogP contribution in [0.4, 0.5) is 0 Å². The number of rotatable bonds is 3. The topological polar surface area (TPSA) is 46.5 Å². The van der Waals surface area contributed by atoms with Gasteiger partial charge in [-0.3, -0.25) is 0 Å². The molecule has 1 fully saturated rings. The molecule has 1 N–H and O–H groups in total. The Kier molecular flexibility index (Phi) is 4.82. The molecule has 0 aromatic rings. The van der Waals surface area contributed by atoms with Gasteiger partial charge in [0.1, 0.15) is 0 Å². The number of aliphatic hydroxyl groups is 1. The van der Waals surface area contributed by atoms with Crippen molar-refractivity contribution in [2.24, 2.45) is 5.92 Å². The molecule has 16 heavy (non-hydrogen) atoms. The van der Waals surface area contributed by atoms with Crippen LogP contribution in [0.15, 0.2) is 0 Å². The number of carbonyl (C=O) groups excluding carboxylic acids is 1. The Labute approximate surface area is 97.2 Å². The number of carbonyl (C=O) groups is 1. The first-order chi connectivity index (χ1) is 7.65. The molecule has 1 aliphatic rings. The van der Waals surface area contributed by atoms with E-state index in [1.807, 2.05) is 6.92 Å². The van der Waals surface area contributed by atoms with E-state index in [1.54, 1.807) is 6.92 Å². The first-order valence-corrected chi connectivity index (χ1v) is 6.04. The molecule has 0 heterocycles. The van der Waals surface area contributed by atoms with Crippen molar-refractivity contribution in [3.05, 3.63) is 0 Å². The molecule has 1 atom stereocenters. The highest BCUT2D eigenvalue weighted by molar-refractivity contribution is 5.83. The maximum atomic E-state index is 11.8. The van der Waals surface area contributed by atoms with Gasteiger partial charge in [0.05, 0.1) is 6.61 Å². The van der Waals surface area contributed by atoms with Crippen molar-refractivity contribution in [1.29, 1.82) is 0 Å². The standard InChI is InChI=1S/C13H20O3/c1-3-5-10-13(15,12(14)16-4-2)11-8-6-7-9-11/h11,15H,3-4,6-9H2,1-2H3/t13-/m1/s1. The summed E-state index contributed by atoms with van der Waals surface area (Å²) in [5.74, 6) is 4.86. The molecule has 1 rings (SSSR count). The summed E-state index contributed by atoms with van der Waals surface area (Å²) in [4.78, 5) is 11.8. The summed E-state index contributed by atoms with van der Waals surface area (Å²) in [6.45, 7) is 3.91. The van der Waals surface area contributed by atoms with Gasteiger partial charge >= 0.3 is 5.97 Å². The van der Waals surface area contributed by atoms with E-state index in [-0.39, 0.29) is 12.5 Å². The summed E-state index contributed by atoms with van der Waals surface area (Å²) in [5.41, 5.74) is -1.58. The van der Waals surface area contributed by atoms with Crippen LogP contribution in [0.5, 0.6) is 0 Å². The highest BCUT2D eigenvalue weighted by Crippen LogP contribution is 2.34. The smallest absolute Gasteiger partial charge is 0.351 e. The molecule has 3 heteroatoms. The van der Waals surface area contributed by atoms with Crippen LogP contribution in [-0.4, -0.2) is 23.3 Å². The molecule has 0 saturated heterocycles. The summed E-state index contributed by atoms with van der Waals surface area (Å²) in [7, 11) is 0. The summed E-state index contributed by atoms with van der Waals surface area (Å²) in [6, 6.07) is 0. The maximum absolute atomic E-state index is 11.8. The lowest BCUT2D eigenvalue weighted by Gasteiger charge is -2.26. The minimum Gasteiger partial charge on any atom is -0.463 e. The predicted octanol–water partition coefficient (Wildman–Crippen LogP) is 1.88. The Morgan fingerprint density at radius 3 is 2.56 bits per heavy atom. The lowest BCUT2D eigenvalue weighted by atomic mass is 9.86. The van der Waals surface area contributed by atoms with Gasteiger partial charge in [-0.25, -0.2) is 4.79 Å². The molecule has 0 spiro atoms. The summed E-state index contributed by atoms with van der Waals surface area (Å²) in [6.07, 6.45) is 4.45. The molecule has 0 unspecified atom stereocenters. The van der Waals surface area contributed by atoms with Crippen LogP contribution in [0.1, 0.15) is 46.0 Å². The van der Waals surface area contributed by atoms with Crippen LogP contribution in [0, 0.1) is 17.8 Å². The van der Waals surface area contributed by atoms with E-state index >= 15 is 0 Å². The highest BCUT2D eigenvalue weighted by Gasteiger charge is 2.45. The molecule has 0 aliphatic heterocycles. The maximum Gasteiger partial charge on any atom is 0.351 e. The normalized spacial score (nSPS) is 19.7. The predicted molar refractivity (Wildman–Crippen MR) is 61.6 cm³/mol. The van der Waals surface area contributed by atoms with Crippen LogP contribution in [0.25, 0.3) is 0 Å². The van der Waals surface area contributed by atoms with Crippen LogP contribution in [0.3, 0.4) is 0 Å². The Morgan fingerprint density at radius 2 is 2.06 bits per heavy atom. The van der Waals surface area contributed by atoms with Crippen LogP contribution >= 0.6 is 0 Å². The molecule has 90 valence electrons. The number of hydrogen-bond donors (Lipinski definition) is 1. The average molecular weight is 224 g/mol. The van der Waals surface area contributed by atoms with Crippen molar-refractivity contribution in [1.82, 2.24) is 0 Å². The van der Waals surface area contributed by atoms with E-state index < -0.39 is 11.6 Å². The fourth-order valence-corrected chi connectivity index (χ4v) is 2.13. The van der Waals surface area contributed by atoms with Gasteiger partial charge in [0.2, 0.25) is 5.60 Å². The van der Waals surface area contributed by atoms with Gasteiger partial charge in [-0.05, 0) is 19.8 Å². The second kappa shape index (κ2) is 5.91. The fraction of sp³-hybridized carbons (Fsp3) is 0.769. The van der Waals surface area contributed by atoms with E-state index in [2.05, 4.69) is 11.8 Å². The second-order valence-electron chi connectivity index (χ2n) is 4.12. The lowest BCUT2D eigenvalue weighted by molar-refractivity contribution is -0.163. The van der Waals surface area contributed by atoms with Gasteiger partial charge in [0.25, 0.3) is 0 Å². The Morgan fingerprint density at radius 1 is 1.44 bits per heavy atom. The van der Waals surface area contributed by atoms with Crippen LogP contribution < -0.4 is 0 Å². The second-order valence-corrected chi connectivity index (χ2v) is 4.12. The van der Waals surface area contributed by atoms with E-state index in [1.165, 1.54) is 0 Å². The zero-order valence-electron chi connectivity index (χ0n) is 10.1. The first kappa shape index (κ1) is 13.1. The van der Waals surface area contributed by atoms with E-state index in [9.17, 15) is 9.90 Å². The summed E-state index contributed by atoms with van der Waals surface area (Å²) in [5, 5.41) is 10.4. The van der Waals surface area contributed by atoms with Gasteiger partial charge in [-0.15, -0.1) is 0 Å². The van der Waals surface area contributed by atoms with E-state index in [0.29, 0.717) is 6.42 Å². The molecule has 0 bridgehead atoms. The number of esters is 1. The monoisotopic (exact) mass is 224 g/mol. The van der Waals surface area contributed by atoms with Gasteiger partial charge in [-0.2, -0.15) is 0 Å². The molecule has 3 nitrogen and oxygen atoms in total. The van der Waals surface area contributed by atoms with Crippen LogP contribution in [0.2, 0.25) is 0 Å². The quantitative estimate of drug-likeness (QED) is 0.588. The van der Waals surface area contributed by atoms with Crippen molar-refractivity contribution >= 4 is 5.97 Å². The third-order valence-electron chi connectivity index (χ3n) is 2.99. The summed E-state index contributed by atoms with van der Waals surface area (Å²) < 4.78 is 4.93. The molecular formula is C13H20O3. The number of ether oxygens (including phenoxy) is 1. The highest BCUT2D eigenvalue weighted by atomic mass is 16.5. The van der Waals surface area contributed by atoms with Crippen molar-refractivity contribution in [3.8, 4) is 11.8 Å². The number of hydrogen-bond acceptors (Lipinski definition) is 3. The molecule has 0 amide bonds. The average Bonchev–Trinajstić information content (AvgIpc) is 2.80. The SMILES string of the molecule is CCC#C[C@](O)(C(=O)OCC)C1CCCC1. The van der Waals surface area contributed by atoms with E-state index in [4.69, 9.17) is 4.74 Å². The summed E-state index contributed by atoms with van der Waals surface area (Å²) >= 11 is 0.